The Balaban J connectivity index is 1.39. The fourth-order valence-electron chi connectivity index (χ4n) is 7.60. The maximum absolute atomic E-state index is 14.9. The van der Waals surface area contributed by atoms with E-state index < -0.39 is 11.6 Å². The van der Waals surface area contributed by atoms with Crippen LogP contribution in [-0.4, -0.2) is 28.7 Å². The summed E-state index contributed by atoms with van der Waals surface area (Å²) < 4.78 is 32.5. The molecule has 11 aromatic rings. The molecular weight excluding hydrogens is 562 g/mol. The monoisotopic (exact) mass is 574 g/mol. The summed E-state index contributed by atoms with van der Waals surface area (Å²) in [7, 11) is 0. The number of pyridine rings is 4. The third-order valence-electron chi connectivity index (χ3n) is 9.28. The molecule has 0 saturated carbocycles. The van der Waals surface area contributed by atoms with Gasteiger partial charge in [0, 0.05) is 32.3 Å². The normalized spacial score (nSPS) is 13.0. The number of fused-ring (bicyclic) bond motifs is 10. The van der Waals surface area contributed by atoms with Crippen LogP contribution < -0.4 is 11.1 Å². The smallest absolute Gasteiger partial charge is 0.264 e. The number of aromatic nitrogens is 6. The molecule has 0 atom stereocenters. The number of imidazole rings is 2. The third-order valence-corrected chi connectivity index (χ3v) is 9.28. The summed E-state index contributed by atoms with van der Waals surface area (Å²) in [5.74, 6) is -1.22. The lowest BCUT2D eigenvalue weighted by molar-refractivity contribution is 0.629. The van der Waals surface area contributed by atoms with Crippen molar-refractivity contribution in [2.75, 3.05) is 0 Å². The van der Waals surface area contributed by atoms with Gasteiger partial charge in [0.1, 0.15) is 33.4 Å². The first kappa shape index (κ1) is 22.4. The quantitative estimate of drug-likeness (QED) is 0.156. The van der Waals surface area contributed by atoms with Crippen molar-refractivity contribution >= 4 is 98.0 Å². The van der Waals surface area contributed by atoms with E-state index in [1.165, 1.54) is 21.2 Å². The number of hydrogen-bond acceptors (Lipinski definition) is 6. The summed E-state index contributed by atoms with van der Waals surface area (Å²) in [5.41, 5.74) is 0.858. The van der Waals surface area contributed by atoms with Crippen molar-refractivity contribution in [3.63, 3.8) is 0 Å². The second kappa shape index (κ2) is 7.07. The largest absolute Gasteiger partial charge is 0.268 e. The number of rotatable bonds is 0. The van der Waals surface area contributed by atoms with Crippen LogP contribution in [0.2, 0.25) is 0 Å². The molecule has 10 heteroatoms. The molecule has 11 rings (SSSR count). The molecule has 0 radical (unpaired) electrons. The van der Waals surface area contributed by atoms with E-state index in [1.807, 2.05) is 36.4 Å². The van der Waals surface area contributed by atoms with Gasteiger partial charge in [0.05, 0.1) is 24.8 Å². The highest BCUT2D eigenvalue weighted by Gasteiger charge is 2.25. The predicted molar refractivity (Wildman–Crippen MR) is 166 cm³/mol. The Kier molecular flexibility index (Phi) is 3.60. The third kappa shape index (κ3) is 2.29. The van der Waals surface area contributed by atoms with Crippen LogP contribution in [0.3, 0.4) is 0 Å². The van der Waals surface area contributed by atoms with Crippen molar-refractivity contribution < 1.29 is 8.78 Å². The highest BCUT2D eigenvalue weighted by atomic mass is 19.1. The van der Waals surface area contributed by atoms with E-state index in [0.717, 1.165) is 66.3 Å². The van der Waals surface area contributed by atoms with Gasteiger partial charge < -0.3 is 0 Å². The van der Waals surface area contributed by atoms with E-state index in [1.54, 1.807) is 12.1 Å². The summed E-state index contributed by atoms with van der Waals surface area (Å²) in [6.45, 7) is 0. The Morgan fingerprint density at radius 3 is 1.20 bits per heavy atom. The lowest BCUT2D eigenvalue weighted by atomic mass is 9.86. The van der Waals surface area contributed by atoms with Crippen LogP contribution in [-0.2, 0) is 0 Å². The van der Waals surface area contributed by atoms with Gasteiger partial charge >= 0.3 is 0 Å². The average molecular weight is 575 g/mol. The molecule has 5 aromatic carbocycles. The minimum Gasteiger partial charge on any atom is -0.268 e. The zero-order valence-electron chi connectivity index (χ0n) is 22.2. The molecule has 6 aromatic heterocycles. The summed E-state index contributed by atoms with van der Waals surface area (Å²) in [4.78, 5) is 45.0. The van der Waals surface area contributed by atoms with Gasteiger partial charge in [-0.2, -0.15) is 0 Å². The van der Waals surface area contributed by atoms with Gasteiger partial charge in [-0.15, -0.1) is 0 Å². The lowest BCUT2D eigenvalue weighted by Crippen LogP contribution is -2.14. The van der Waals surface area contributed by atoms with Crippen molar-refractivity contribution in [2.24, 2.45) is 0 Å². The Hall–Kier alpha value is -6.16. The van der Waals surface area contributed by atoms with E-state index in [-0.39, 0.29) is 22.2 Å². The van der Waals surface area contributed by atoms with Crippen LogP contribution >= 0.6 is 0 Å². The van der Waals surface area contributed by atoms with Crippen molar-refractivity contribution in [1.29, 1.82) is 0 Å². The van der Waals surface area contributed by atoms with Gasteiger partial charge in [-0.25, -0.2) is 18.7 Å². The SMILES string of the molecule is O=c1c2ccc3c4ccc5c(=O)n6c(nc7cncc(F)c76)c6ccc(c7ccc(c2c37)c2nc3cncc(F)c3n12)c4c56. The maximum Gasteiger partial charge on any atom is 0.264 e. The first-order valence-electron chi connectivity index (χ1n) is 13.9. The molecule has 0 aliphatic carbocycles. The summed E-state index contributed by atoms with van der Waals surface area (Å²) >= 11 is 0. The van der Waals surface area contributed by atoms with Crippen molar-refractivity contribution in [2.45, 2.75) is 0 Å². The van der Waals surface area contributed by atoms with Gasteiger partial charge in [-0.05, 0) is 56.6 Å². The predicted octanol–water partition coefficient (Wildman–Crippen LogP) is 6.31. The summed E-state index contributed by atoms with van der Waals surface area (Å²) in [5, 5.41) is 9.28. The van der Waals surface area contributed by atoms with Crippen LogP contribution in [0.25, 0.3) is 98.0 Å². The maximum atomic E-state index is 14.9. The van der Waals surface area contributed by atoms with Crippen LogP contribution in [0.15, 0.2) is 82.9 Å². The molecule has 204 valence electrons. The highest BCUT2D eigenvalue weighted by molar-refractivity contribution is 6.40. The highest BCUT2D eigenvalue weighted by Crippen LogP contribution is 2.45. The van der Waals surface area contributed by atoms with E-state index in [4.69, 9.17) is 0 Å². The summed E-state index contributed by atoms with van der Waals surface area (Å²) in [6.07, 6.45) is 5.08. The molecule has 44 heavy (non-hydrogen) atoms. The van der Waals surface area contributed by atoms with Crippen LogP contribution in [0.4, 0.5) is 8.78 Å². The molecule has 0 amide bonds. The molecule has 0 N–H and O–H groups in total. The molecule has 0 unspecified atom stereocenters. The van der Waals surface area contributed by atoms with Gasteiger partial charge in [-0.1, -0.05) is 24.3 Å². The van der Waals surface area contributed by atoms with Gasteiger partial charge in [0.25, 0.3) is 11.1 Å². The average Bonchev–Trinajstić information content (AvgIpc) is 3.63. The molecular formula is C34H12F2N6O2. The van der Waals surface area contributed by atoms with Gasteiger partial charge in [-0.3, -0.25) is 28.4 Å². The Morgan fingerprint density at radius 1 is 0.455 bits per heavy atom. The van der Waals surface area contributed by atoms with E-state index in [2.05, 4.69) is 19.9 Å². The number of nitrogens with zero attached hydrogens (tertiary/aromatic N) is 6. The summed E-state index contributed by atoms with van der Waals surface area (Å²) in [6, 6.07) is 15.2. The molecule has 0 saturated heterocycles. The van der Waals surface area contributed by atoms with Crippen LogP contribution in [0.1, 0.15) is 0 Å². The Morgan fingerprint density at radius 2 is 0.795 bits per heavy atom. The molecule has 0 fully saturated rings. The number of benzene rings is 5. The molecule has 6 heterocycles. The second-order valence-electron chi connectivity index (χ2n) is 11.3. The molecule has 0 bridgehead atoms. The zero-order chi connectivity index (χ0) is 29.2. The standard InChI is InChI=1S/C34H12F2N6O2/c35-21-9-37-11-23-29(21)41-31(39-23)17-5-1-13-14-2-6-18-28-20(34(44)42-30-22(36)10-38-12-24(30)40-32(18)42)8-4-16(26(14)28)15-3-7-19(33(41)43)27(17)25(13)15/h1-12H. The van der Waals surface area contributed by atoms with Crippen molar-refractivity contribution in [3.05, 3.63) is 106 Å². The van der Waals surface area contributed by atoms with E-state index >= 15 is 0 Å². The molecule has 8 nitrogen and oxygen atoms in total. The van der Waals surface area contributed by atoms with Crippen LogP contribution in [0, 0.1) is 11.6 Å². The molecule has 0 aliphatic heterocycles. The lowest BCUT2D eigenvalue weighted by Gasteiger charge is -2.18. The fraction of sp³-hybridized carbons (Fsp3) is 0. The topological polar surface area (TPSA) is 94.5 Å². The van der Waals surface area contributed by atoms with E-state index in [9.17, 15) is 18.4 Å². The van der Waals surface area contributed by atoms with E-state index in [0.29, 0.717) is 33.1 Å². The first-order valence-corrected chi connectivity index (χ1v) is 13.9. The number of halogens is 2. The van der Waals surface area contributed by atoms with Gasteiger partial charge in [0.15, 0.2) is 11.6 Å². The minimum absolute atomic E-state index is 0.107. The Labute approximate surface area is 241 Å². The van der Waals surface area contributed by atoms with Crippen LogP contribution in [0.5, 0.6) is 0 Å². The molecule has 0 aliphatic rings. The second-order valence-corrected chi connectivity index (χ2v) is 11.3. The Bertz CT molecular complexity index is 3000. The molecule has 0 spiro atoms. The van der Waals surface area contributed by atoms with Crippen molar-refractivity contribution in [3.8, 4) is 0 Å². The zero-order valence-corrected chi connectivity index (χ0v) is 22.2. The van der Waals surface area contributed by atoms with Crippen molar-refractivity contribution in [1.82, 2.24) is 28.7 Å². The number of hydrogen-bond donors (Lipinski definition) is 0. The fourth-order valence-corrected chi connectivity index (χ4v) is 7.60. The van der Waals surface area contributed by atoms with Gasteiger partial charge in [0.2, 0.25) is 0 Å². The minimum atomic E-state index is -0.612. The first-order chi connectivity index (χ1) is 21.5.